The fourth-order valence-electron chi connectivity index (χ4n) is 1.68. The average molecular weight is 425 g/mol. The Morgan fingerprint density at radius 2 is 2.10 bits per heavy atom. The van der Waals surface area contributed by atoms with Gasteiger partial charge in [-0.2, -0.15) is 0 Å². The van der Waals surface area contributed by atoms with E-state index in [1.54, 1.807) is 18.4 Å². The lowest BCUT2D eigenvalue weighted by Gasteiger charge is -2.12. The molecule has 0 radical (unpaired) electrons. The van der Waals surface area contributed by atoms with Crippen LogP contribution in [-0.2, 0) is 11.2 Å². The molecule has 0 bridgehead atoms. The van der Waals surface area contributed by atoms with Crippen LogP contribution in [0.1, 0.15) is 25.1 Å². The van der Waals surface area contributed by atoms with Crippen LogP contribution < -0.4 is 10.6 Å². The summed E-state index contributed by atoms with van der Waals surface area (Å²) >= 11 is 1.79. The van der Waals surface area contributed by atoms with E-state index >= 15 is 0 Å². The Bertz CT molecular complexity index is 369. The molecule has 0 atom stereocenters. The lowest BCUT2D eigenvalue weighted by molar-refractivity contribution is 0.108. The van der Waals surface area contributed by atoms with Gasteiger partial charge in [0.25, 0.3) is 0 Å². The molecule has 1 rings (SSSR count). The normalized spacial score (nSPS) is 11.3. The maximum Gasteiger partial charge on any atom is 0.190 e. The highest BCUT2D eigenvalue weighted by atomic mass is 127. The molecule has 1 aromatic rings. The first-order valence-electron chi connectivity index (χ1n) is 7.27. The topological polar surface area (TPSA) is 45.7 Å². The van der Waals surface area contributed by atoms with Crippen LogP contribution in [0.3, 0.4) is 0 Å². The highest BCUT2D eigenvalue weighted by molar-refractivity contribution is 14.0. The monoisotopic (exact) mass is 425 g/mol. The lowest BCUT2D eigenvalue weighted by Crippen LogP contribution is -2.38. The number of thiophene rings is 1. The van der Waals surface area contributed by atoms with Crippen molar-refractivity contribution in [2.24, 2.45) is 10.9 Å². The van der Waals surface area contributed by atoms with E-state index in [2.05, 4.69) is 47.0 Å². The van der Waals surface area contributed by atoms with Crippen molar-refractivity contribution in [3.8, 4) is 0 Å². The van der Waals surface area contributed by atoms with Gasteiger partial charge in [0.05, 0.1) is 0 Å². The second kappa shape index (κ2) is 13.3. The third-order valence-corrected chi connectivity index (χ3v) is 3.61. The highest BCUT2D eigenvalue weighted by Gasteiger charge is 1.98. The SMILES string of the molecule is CN=C(NCCCOCC(C)C)NCCc1cccs1.I. The Kier molecular flexibility index (Phi) is 13.1. The molecular weight excluding hydrogens is 397 g/mol. The molecule has 21 heavy (non-hydrogen) atoms. The van der Waals surface area contributed by atoms with Crippen LogP contribution >= 0.6 is 35.3 Å². The van der Waals surface area contributed by atoms with Crippen molar-refractivity contribution in [3.63, 3.8) is 0 Å². The van der Waals surface area contributed by atoms with Crippen LogP contribution in [0.2, 0.25) is 0 Å². The predicted octanol–water partition coefficient (Wildman–Crippen LogP) is 3.14. The first-order chi connectivity index (χ1) is 9.72. The van der Waals surface area contributed by atoms with E-state index < -0.39 is 0 Å². The van der Waals surface area contributed by atoms with Crippen molar-refractivity contribution < 1.29 is 4.74 Å². The number of hydrogen-bond donors (Lipinski definition) is 2. The molecule has 0 unspecified atom stereocenters. The molecular formula is C15H28IN3OS. The Morgan fingerprint density at radius 3 is 2.71 bits per heavy atom. The van der Waals surface area contributed by atoms with Gasteiger partial charge in [-0.3, -0.25) is 4.99 Å². The van der Waals surface area contributed by atoms with Crippen LogP contribution in [0.25, 0.3) is 0 Å². The van der Waals surface area contributed by atoms with Gasteiger partial charge in [0.1, 0.15) is 0 Å². The van der Waals surface area contributed by atoms with E-state index in [-0.39, 0.29) is 24.0 Å². The minimum Gasteiger partial charge on any atom is -0.381 e. The fraction of sp³-hybridized carbons (Fsp3) is 0.667. The summed E-state index contributed by atoms with van der Waals surface area (Å²) in [5, 5.41) is 8.73. The summed E-state index contributed by atoms with van der Waals surface area (Å²) in [4.78, 5) is 5.61. The Labute approximate surface area is 149 Å². The number of rotatable bonds is 9. The number of halogens is 1. The van der Waals surface area contributed by atoms with E-state index in [4.69, 9.17) is 4.74 Å². The van der Waals surface area contributed by atoms with Gasteiger partial charge in [0.15, 0.2) is 5.96 Å². The van der Waals surface area contributed by atoms with Crippen molar-refractivity contribution in [1.82, 2.24) is 10.6 Å². The van der Waals surface area contributed by atoms with E-state index in [1.165, 1.54) is 4.88 Å². The number of guanidine groups is 1. The third kappa shape index (κ3) is 11.0. The van der Waals surface area contributed by atoms with Crippen molar-refractivity contribution in [2.45, 2.75) is 26.7 Å². The molecule has 4 nitrogen and oxygen atoms in total. The number of nitrogens with zero attached hydrogens (tertiary/aromatic N) is 1. The first kappa shape index (κ1) is 20.7. The second-order valence-corrected chi connectivity index (χ2v) is 6.11. The van der Waals surface area contributed by atoms with E-state index in [0.717, 1.165) is 45.1 Å². The molecule has 0 saturated carbocycles. The van der Waals surface area contributed by atoms with Gasteiger partial charge in [-0.05, 0) is 30.2 Å². The van der Waals surface area contributed by atoms with Crippen LogP contribution in [0.5, 0.6) is 0 Å². The van der Waals surface area contributed by atoms with Crippen LogP contribution in [0, 0.1) is 5.92 Å². The molecule has 0 aliphatic rings. The van der Waals surface area contributed by atoms with Gasteiger partial charge in [-0.1, -0.05) is 19.9 Å². The first-order valence-corrected chi connectivity index (χ1v) is 8.15. The van der Waals surface area contributed by atoms with Gasteiger partial charge in [0, 0.05) is 38.2 Å². The smallest absolute Gasteiger partial charge is 0.190 e. The van der Waals surface area contributed by atoms with Gasteiger partial charge < -0.3 is 15.4 Å². The van der Waals surface area contributed by atoms with Crippen molar-refractivity contribution in [2.75, 3.05) is 33.4 Å². The van der Waals surface area contributed by atoms with Gasteiger partial charge >= 0.3 is 0 Å². The van der Waals surface area contributed by atoms with Crippen molar-refractivity contribution >= 4 is 41.3 Å². The summed E-state index contributed by atoms with van der Waals surface area (Å²) in [6.07, 6.45) is 2.04. The summed E-state index contributed by atoms with van der Waals surface area (Å²) in [6, 6.07) is 4.25. The summed E-state index contributed by atoms with van der Waals surface area (Å²) in [6.45, 7) is 7.77. The largest absolute Gasteiger partial charge is 0.381 e. The van der Waals surface area contributed by atoms with E-state index in [1.807, 2.05) is 0 Å². The zero-order valence-electron chi connectivity index (χ0n) is 13.2. The van der Waals surface area contributed by atoms with Crippen LogP contribution in [0.4, 0.5) is 0 Å². The van der Waals surface area contributed by atoms with Crippen molar-refractivity contribution in [1.29, 1.82) is 0 Å². The molecule has 0 aliphatic heterocycles. The fourth-order valence-corrected chi connectivity index (χ4v) is 2.39. The molecule has 0 spiro atoms. The summed E-state index contributed by atoms with van der Waals surface area (Å²) in [5.74, 6) is 1.47. The number of nitrogens with one attached hydrogen (secondary N) is 2. The quantitative estimate of drug-likeness (QED) is 0.277. The molecule has 1 aromatic heterocycles. The van der Waals surface area contributed by atoms with E-state index in [0.29, 0.717) is 5.92 Å². The maximum absolute atomic E-state index is 5.54. The standard InChI is InChI=1S/C15H27N3OS.HI/c1-13(2)12-19-10-5-8-17-15(16-3)18-9-7-14-6-4-11-20-14;/h4,6,11,13H,5,7-10,12H2,1-3H3,(H2,16,17,18);1H. The highest BCUT2D eigenvalue weighted by Crippen LogP contribution is 2.07. The molecule has 2 N–H and O–H groups in total. The molecule has 122 valence electrons. The second-order valence-electron chi connectivity index (χ2n) is 5.08. The Balaban J connectivity index is 0.00000400. The Hall–Kier alpha value is -0.340. The molecule has 0 fully saturated rings. The number of aliphatic imine (C=N–C) groups is 1. The summed E-state index contributed by atoms with van der Waals surface area (Å²) < 4.78 is 5.54. The van der Waals surface area contributed by atoms with Crippen LogP contribution in [-0.4, -0.2) is 39.3 Å². The lowest BCUT2D eigenvalue weighted by atomic mass is 10.2. The molecule has 6 heteroatoms. The van der Waals surface area contributed by atoms with Crippen molar-refractivity contribution in [3.05, 3.63) is 22.4 Å². The zero-order valence-corrected chi connectivity index (χ0v) is 16.4. The van der Waals surface area contributed by atoms with Crippen LogP contribution in [0.15, 0.2) is 22.5 Å². The number of hydrogen-bond acceptors (Lipinski definition) is 3. The molecule has 0 amide bonds. The maximum atomic E-state index is 5.54. The molecule has 0 aromatic carbocycles. The van der Waals surface area contributed by atoms with Gasteiger partial charge in [-0.15, -0.1) is 35.3 Å². The van der Waals surface area contributed by atoms with Gasteiger partial charge in [0.2, 0.25) is 0 Å². The minimum absolute atomic E-state index is 0. The molecule has 0 saturated heterocycles. The minimum atomic E-state index is 0. The van der Waals surface area contributed by atoms with Gasteiger partial charge in [-0.25, -0.2) is 0 Å². The molecule has 1 heterocycles. The zero-order chi connectivity index (χ0) is 14.6. The third-order valence-electron chi connectivity index (χ3n) is 2.68. The molecule has 0 aliphatic carbocycles. The summed E-state index contributed by atoms with van der Waals surface area (Å²) in [5.41, 5.74) is 0. The van der Waals surface area contributed by atoms with E-state index in [9.17, 15) is 0 Å². The predicted molar refractivity (Wildman–Crippen MR) is 103 cm³/mol. The Morgan fingerprint density at radius 1 is 1.33 bits per heavy atom. The number of ether oxygens (including phenoxy) is 1. The summed E-state index contributed by atoms with van der Waals surface area (Å²) in [7, 11) is 1.80. The average Bonchev–Trinajstić information content (AvgIpc) is 2.93.